The summed E-state index contributed by atoms with van der Waals surface area (Å²) in [6, 6.07) is 13.5. The van der Waals surface area contributed by atoms with Crippen molar-refractivity contribution in [3.8, 4) is 28.7 Å². The van der Waals surface area contributed by atoms with Crippen LogP contribution < -0.4 is 29.1 Å². The molecule has 3 aromatic carbocycles. The molecule has 0 saturated heterocycles. The van der Waals surface area contributed by atoms with Gasteiger partial charge in [-0.15, -0.1) is 0 Å². The van der Waals surface area contributed by atoms with E-state index in [4.69, 9.17) is 23.7 Å². The van der Waals surface area contributed by atoms with E-state index in [1.54, 1.807) is 24.3 Å². The summed E-state index contributed by atoms with van der Waals surface area (Å²) in [4.78, 5) is 24.9. The van der Waals surface area contributed by atoms with Gasteiger partial charge in [-0.1, -0.05) is 28.1 Å². The summed E-state index contributed by atoms with van der Waals surface area (Å²) in [5, 5.41) is 3.96. The van der Waals surface area contributed by atoms with Gasteiger partial charge in [0.15, 0.2) is 18.1 Å². The van der Waals surface area contributed by atoms with Gasteiger partial charge in [0, 0.05) is 4.47 Å². The maximum absolute atomic E-state index is 12.7. The van der Waals surface area contributed by atoms with Crippen LogP contribution in [0.5, 0.6) is 28.7 Å². The molecule has 0 aliphatic heterocycles. The fourth-order valence-electron chi connectivity index (χ4n) is 3.50. The van der Waals surface area contributed by atoms with Crippen molar-refractivity contribution in [2.24, 2.45) is 5.10 Å². The Morgan fingerprint density at radius 1 is 0.919 bits per heavy atom. The van der Waals surface area contributed by atoms with Crippen molar-refractivity contribution in [3.05, 3.63) is 75.3 Å². The summed E-state index contributed by atoms with van der Waals surface area (Å²) in [6.07, 6.45) is 1.44. The van der Waals surface area contributed by atoms with E-state index >= 15 is 0 Å². The molecule has 1 amide bonds. The van der Waals surface area contributed by atoms with Crippen LogP contribution in [0.25, 0.3) is 0 Å². The van der Waals surface area contributed by atoms with Gasteiger partial charge in [0.2, 0.25) is 5.75 Å². The van der Waals surface area contributed by atoms with E-state index in [2.05, 4.69) is 26.5 Å². The van der Waals surface area contributed by atoms with Crippen LogP contribution in [0.3, 0.4) is 0 Å². The van der Waals surface area contributed by atoms with E-state index in [0.717, 1.165) is 15.6 Å². The van der Waals surface area contributed by atoms with Gasteiger partial charge in [-0.2, -0.15) is 5.10 Å². The van der Waals surface area contributed by atoms with Crippen molar-refractivity contribution in [2.75, 3.05) is 27.9 Å². The average molecular weight is 571 g/mol. The van der Waals surface area contributed by atoms with Crippen molar-refractivity contribution in [3.63, 3.8) is 0 Å². The Kier molecular flexibility index (Phi) is 9.51. The smallest absolute Gasteiger partial charge is 0.343 e. The van der Waals surface area contributed by atoms with E-state index < -0.39 is 11.9 Å². The highest BCUT2D eigenvalue weighted by Crippen LogP contribution is 2.38. The number of carbonyl (C=O) groups is 2. The number of esters is 1. The topological polar surface area (TPSA) is 105 Å². The van der Waals surface area contributed by atoms with E-state index in [-0.39, 0.29) is 12.2 Å². The number of carbonyl (C=O) groups excluding carboxylic acids is 2. The SMILES string of the molecule is COc1cc(C(=O)Oc2cccc(/C=N/NC(=O)COc3c(C)cc(Br)cc3C)c2)cc(OC)c1OC. The van der Waals surface area contributed by atoms with Crippen LogP contribution in [0.4, 0.5) is 0 Å². The standard InChI is InChI=1S/C27H27BrN2O7/c1-16-9-20(28)10-17(2)25(16)36-15-24(31)30-29-14-18-7-6-8-21(11-18)37-27(32)19-12-22(33-3)26(35-5)23(13-19)34-4/h6-14H,15H2,1-5H3,(H,30,31)/b29-14+. The summed E-state index contributed by atoms with van der Waals surface area (Å²) in [7, 11) is 4.40. The number of halogens is 1. The van der Waals surface area contributed by atoms with Crippen molar-refractivity contribution in [1.29, 1.82) is 0 Å². The first-order chi connectivity index (χ1) is 17.7. The molecule has 0 aliphatic carbocycles. The zero-order valence-corrected chi connectivity index (χ0v) is 22.7. The number of rotatable bonds is 10. The number of hydrogen-bond acceptors (Lipinski definition) is 8. The van der Waals surface area contributed by atoms with Gasteiger partial charge in [0.25, 0.3) is 5.91 Å². The lowest BCUT2D eigenvalue weighted by molar-refractivity contribution is -0.123. The second-order valence-corrected chi connectivity index (χ2v) is 8.74. The summed E-state index contributed by atoms with van der Waals surface area (Å²) in [5.74, 6) is 0.955. The van der Waals surface area contributed by atoms with Gasteiger partial charge < -0.3 is 23.7 Å². The Morgan fingerprint density at radius 3 is 2.16 bits per heavy atom. The Bertz CT molecular complexity index is 1280. The number of hydrazone groups is 1. The molecule has 0 atom stereocenters. The number of hydrogen-bond donors (Lipinski definition) is 1. The molecule has 0 fully saturated rings. The summed E-state index contributed by atoms with van der Waals surface area (Å²) < 4.78 is 27.9. The molecule has 1 N–H and O–H groups in total. The Morgan fingerprint density at radius 2 is 1.57 bits per heavy atom. The maximum Gasteiger partial charge on any atom is 0.343 e. The van der Waals surface area contributed by atoms with Gasteiger partial charge in [0.1, 0.15) is 11.5 Å². The monoisotopic (exact) mass is 570 g/mol. The lowest BCUT2D eigenvalue weighted by Gasteiger charge is -2.13. The largest absolute Gasteiger partial charge is 0.493 e. The van der Waals surface area contributed by atoms with Gasteiger partial charge >= 0.3 is 5.97 Å². The molecule has 10 heteroatoms. The third-order valence-electron chi connectivity index (χ3n) is 5.14. The molecular weight excluding hydrogens is 544 g/mol. The molecule has 0 radical (unpaired) electrons. The lowest BCUT2D eigenvalue weighted by atomic mass is 10.1. The first-order valence-corrected chi connectivity index (χ1v) is 11.9. The number of benzene rings is 3. The van der Waals surface area contributed by atoms with Crippen molar-refractivity contribution < 1.29 is 33.3 Å². The Labute approximate surface area is 223 Å². The number of amides is 1. The fourth-order valence-corrected chi connectivity index (χ4v) is 4.18. The van der Waals surface area contributed by atoms with Crippen LogP contribution in [-0.4, -0.2) is 46.0 Å². The van der Waals surface area contributed by atoms with Crippen LogP contribution in [0.2, 0.25) is 0 Å². The molecule has 0 unspecified atom stereocenters. The highest BCUT2D eigenvalue weighted by molar-refractivity contribution is 9.10. The molecular formula is C27H27BrN2O7. The molecule has 3 rings (SSSR count). The molecule has 9 nitrogen and oxygen atoms in total. The Balaban J connectivity index is 1.61. The molecule has 0 aromatic heterocycles. The zero-order chi connectivity index (χ0) is 26.9. The normalized spacial score (nSPS) is 10.6. The predicted octanol–water partition coefficient (Wildman–Crippen LogP) is 4.84. The van der Waals surface area contributed by atoms with E-state index in [1.165, 1.54) is 39.7 Å². The summed E-state index contributed by atoms with van der Waals surface area (Å²) in [5.41, 5.74) is 5.09. The number of nitrogens with zero attached hydrogens (tertiary/aromatic N) is 1. The average Bonchev–Trinajstić information content (AvgIpc) is 2.87. The molecule has 0 saturated carbocycles. The third kappa shape index (κ3) is 7.23. The highest BCUT2D eigenvalue weighted by atomic mass is 79.9. The molecule has 0 spiro atoms. The van der Waals surface area contributed by atoms with Crippen LogP contribution in [-0.2, 0) is 4.79 Å². The summed E-state index contributed by atoms with van der Waals surface area (Å²) >= 11 is 3.43. The second-order valence-electron chi connectivity index (χ2n) is 7.83. The van der Waals surface area contributed by atoms with Crippen molar-refractivity contribution >= 4 is 34.0 Å². The van der Waals surface area contributed by atoms with Gasteiger partial charge in [-0.05, 0) is 66.9 Å². The second kappa shape index (κ2) is 12.8. The first-order valence-electron chi connectivity index (χ1n) is 11.1. The summed E-state index contributed by atoms with van der Waals surface area (Å²) in [6.45, 7) is 3.63. The molecule has 3 aromatic rings. The number of nitrogens with one attached hydrogen (secondary N) is 1. The highest BCUT2D eigenvalue weighted by Gasteiger charge is 2.18. The third-order valence-corrected chi connectivity index (χ3v) is 5.60. The van der Waals surface area contributed by atoms with Crippen LogP contribution in [0.1, 0.15) is 27.0 Å². The van der Waals surface area contributed by atoms with E-state index in [1.807, 2.05) is 26.0 Å². The maximum atomic E-state index is 12.7. The molecule has 0 bridgehead atoms. The lowest BCUT2D eigenvalue weighted by Crippen LogP contribution is -2.25. The number of ether oxygens (including phenoxy) is 5. The number of methoxy groups -OCH3 is 3. The zero-order valence-electron chi connectivity index (χ0n) is 21.1. The molecule has 37 heavy (non-hydrogen) atoms. The van der Waals surface area contributed by atoms with Gasteiger partial charge in [-0.25, -0.2) is 10.2 Å². The number of aryl methyl sites for hydroxylation is 2. The van der Waals surface area contributed by atoms with E-state index in [0.29, 0.717) is 34.3 Å². The predicted molar refractivity (Wildman–Crippen MR) is 142 cm³/mol. The van der Waals surface area contributed by atoms with E-state index in [9.17, 15) is 9.59 Å². The van der Waals surface area contributed by atoms with Crippen LogP contribution in [0.15, 0.2) is 58.1 Å². The fraction of sp³-hybridized carbons (Fsp3) is 0.222. The van der Waals surface area contributed by atoms with Crippen LogP contribution >= 0.6 is 15.9 Å². The molecule has 0 aliphatic rings. The Hall–Kier alpha value is -4.05. The van der Waals surface area contributed by atoms with Crippen molar-refractivity contribution in [1.82, 2.24) is 5.43 Å². The van der Waals surface area contributed by atoms with Gasteiger partial charge in [0.05, 0.1) is 33.1 Å². The molecule has 0 heterocycles. The van der Waals surface area contributed by atoms with Crippen LogP contribution in [0, 0.1) is 13.8 Å². The van der Waals surface area contributed by atoms with Gasteiger partial charge in [-0.3, -0.25) is 4.79 Å². The minimum Gasteiger partial charge on any atom is -0.493 e. The van der Waals surface area contributed by atoms with Crippen molar-refractivity contribution in [2.45, 2.75) is 13.8 Å². The molecule has 194 valence electrons. The quantitative estimate of drug-likeness (QED) is 0.161. The minimum atomic E-state index is -0.614. The minimum absolute atomic E-state index is 0.187. The first kappa shape index (κ1) is 27.5.